The summed E-state index contributed by atoms with van der Waals surface area (Å²) in [6.07, 6.45) is 0.789. The third-order valence-corrected chi connectivity index (χ3v) is 4.53. The maximum absolute atomic E-state index is 13.0. The molecule has 0 aliphatic rings. The van der Waals surface area contributed by atoms with Crippen LogP contribution in [0.15, 0.2) is 66.7 Å². The molecule has 0 bridgehead atoms. The first-order valence-electron chi connectivity index (χ1n) is 9.22. The summed E-state index contributed by atoms with van der Waals surface area (Å²) >= 11 is 0. The molecule has 3 aromatic rings. The molecule has 3 aromatic carbocycles. The standard InChI is InChI=1S/C23H24N2O2/c1-3-14-25(16-22(26)24-21-11-7-4-8-17(21)2)23(27)20-13-12-18-9-5-6-10-19(18)15-20/h4-13,15H,3,14,16H2,1-2H3,(H,24,26). The Labute approximate surface area is 159 Å². The summed E-state index contributed by atoms with van der Waals surface area (Å²) in [4.78, 5) is 27.1. The Morgan fingerprint density at radius 3 is 2.37 bits per heavy atom. The number of rotatable bonds is 6. The van der Waals surface area contributed by atoms with Crippen LogP contribution in [-0.4, -0.2) is 29.8 Å². The normalized spacial score (nSPS) is 10.6. The van der Waals surface area contributed by atoms with Crippen molar-refractivity contribution in [1.82, 2.24) is 4.90 Å². The minimum atomic E-state index is -0.188. The zero-order valence-electron chi connectivity index (χ0n) is 15.7. The van der Waals surface area contributed by atoms with Crippen molar-refractivity contribution in [2.75, 3.05) is 18.4 Å². The number of hydrogen-bond donors (Lipinski definition) is 1. The topological polar surface area (TPSA) is 49.4 Å². The fourth-order valence-electron chi connectivity index (χ4n) is 3.10. The van der Waals surface area contributed by atoms with Crippen molar-refractivity contribution in [3.63, 3.8) is 0 Å². The smallest absolute Gasteiger partial charge is 0.254 e. The van der Waals surface area contributed by atoms with Gasteiger partial charge in [0.2, 0.25) is 5.91 Å². The van der Waals surface area contributed by atoms with Crippen LogP contribution in [0.25, 0.3) is 10.8 Å². The molecular formula is C23H24N2O2. The van der Waals surface area contributed by atoms with E-state index in [9.17, 15) is 9.59 Å². The summed E-state index contributed by atoms with van der Waals surface area (Å²) in [5.74, 6) is -0.311. The number of para-hydroxylation sites is 1. The van der Waals surface area contributed by atoms with Crippen molar-refractivity contribution in [3.8, 4) is 0 Å². The Balaban J connectivity index is 1.76. The van der Waals surface area contributed by atoms with Crippen LogP contribution < -0.4 is 5.32 Å². The molecule has 4 heteroatoms. The van der Waals surface area contributed by atoms with Crippen molar-refractivity contribution in [1.29, 1.82) is 0 Å². The number of carbonyl (C=O) groups is 2. The molecule has 0 aromatic heterocycles. The number of carbonyl (C=O) groups excluding carboxylic acids is 2. The zero-order chi connectivity index (χ0) is 19.2. The number of aryl methyl sites for hydroxylation is 1. The largest absolute Gasteiger partial charge is 0.329 e. The maximum atomic E-state index is 13.0. The molecule has 0 spiro atoms. The monoisotopic (exact) mass is 360 g/mol. The summed E-state index contributed by atoms with van der Waals surface area (Å²) in [6.45, 7) is 4.51. The molecule has 4 nitrogen and oxygen atoms in total. The molecular weight excluding hydrogens is 336 g/mol. The lowest BCUT2D eigenvalue weighted by Gasteiger charge is -2.22. The average Bonchev–Trinajstić information content (AvgIpc) is 2.68. The van der Waals surface area contributed by atoms with Crippen LogP contribution in [0, 0.1) is 6.92 Å². The van der Waals surface area contributed by atoms with Gasteiger partial charge in [-0.25, -0.2) is 0 Å². The zero-order valence-corrected chi connectivity index (χ0v) is 15.7. The first-order valence-corrected chi connectivity index (χ1v) is 9.22. The van der Waals surface area contributed by atoms with Crippen LogP contribution in [0.2, 0.25) is 0 Å². The van der Waals surface area contributed by atoms with E-state index in [1.165, 1.54) is 0 Å². The van der Waals surface area contributed by atoms with Crippen LogP contribution in [0.1, 0.15) is 29.3 Å². The lowest BCUT2D eigenvalue weighted by molar-refractivity contribution is -0.116. The van der Waals surface area contributed by atoms with Gasteiger partial charge in [0, 0.05) is 17.8 Å². The highest BCUT2D eigenvalue weighted by atomic mass is 16.2. The van der Waals surface area contributed by atoms with Gasteiger partial charge in [0.1, 0.15) is 6.54 Å². The fourth-order valence-corrected chi connectivity index (χ4v) is 3.10. The van der Waals surface area contributed by atoms with Gasteiger partial charge in [-0.3, -0.25) is 9.59 Å². The molecule has 0 saturated heterocycles. The number of hydrogen-bond acceptors (Lipinski definition) is 2. The summed E-state index contributed by atoms with van der Waals surface area (Å²) in [7, 11) is 0. The summed E-state index contributed by atoms with van der Waals surface area (Å²) < 4.78 is 0. The second-order valence-corrected chi connectivity index (χ2v) is 6.65. The van der Waals surface area contributed by atoms with Gasteiger partial charge >= 0.3 is 0 Å². The van der Waals surface area contributed by atoms with Crippen molar-refractivity contribution in [2.45, 2.75) is 20.3 Å². The van der Waals surface area contributed by atoms with E-state index in [2.05, 4.69) is 5.32 Å². The van der Waals surface area contributed by atoms with E-state index in [1.807, 2.05) is 80.6 Å². The number of anilines is 1. The molecule has 0 fully saturated rings. The second-order valence-electron chi connectivity index (χ2n) is 6.65. The lowest BCUT2D eigenvalue weighted by atomic mass is 10.1. The number of nitrogens with one attached hydrogen (secondary N) is 1. The Kier molecular flexibility index (Phi) is 5.87. The number of fused-ring (bicyclic) bond motifs is 1. The molecule has 0 unspecified atom stereocenters. The Bertz CT molecular complexity index is 965. The molecule has 27 heavy (non-hydrogen) atoms. The van der Waals surface area contributed by atoms with E-state index >= 15 is 0 Å². The van der Waals surface area contributed by atoms with Crippen LogP contribution in [0.4, 0.5) is 5.69 Å². The van der Waals surface area contributed by atoms with Gasteiger partial charge in [-0.2, -0.15) is 0 Å². The van der Waals surface area contributed by atoms with Crippen molar-refractivity contribution in [2.24, 2.45) is 0 Å². The highest BCUT2D eigenvalue weighted by Gasteiger charge is 2.19. The highest BCUT2D eigenvalue weighted by molar-refractivity contribution is 6.01. The number of amides is 2. The highest BCUT2D eigenvalue weighted by Crippen LogP contribution is 2.18. The minimum Gasteiger partial charge on any atom is -0.329 e. The van der Waals surface area contributed by atoms with Crippen LogP contribution in [0.5, 0.6) is 0 Å². The van der Waals surface area contributed by atoms with E-state index in [-0.39, 0.29) is 18.4 Å². The van der Waals surface area contributed by atoms with Crippen molar-refractivity contribution >= 4 is 28.3 Å². The van der Waals surface area contributed by atoms with E-state index < -0.39 is 0 Å². The third kappa shape index (κ3) is 4.53. The summed E-state index contributed by atoms with van der Waals surface area (Å²) in [6, 6.07) is 21.2. The third-order valence-electron chi connectivity index (χ3n) is 4.53. The quantitative estimate of drug-likeness (QED) is 0.696. The molecule has 138 valence electrons. The molecule has 0 aliphatic carbocycles. The van der Waals surface area contributed by atoms with Gasteiger partial charge in [-0.15, -0.1) is 0 Å². The Morgan fingerprint density at radius 2 is 1.63 bits per heavy atom. The molecule has 2 amide bonds. The summed E-state index contributed by atoms with van der Waals surface area (Å²) in [5, 5.41) is 5.01. The first-order chi connectivity index (χ1) is 13.1. The van der Waals surface area contributed by atoms with Gasteiger partial charge in [-0.05, 0) is 47.9 Å². The molecule has 0 radical (unpaired) electrons. The van der Waals surface area contributed by atoms with E-state index in [0.717, 1.165) is 28.4 Å². The van der Waals surface area contributed by atoms with Crippen molar-refractivity contribution < 1.29 is 9.59 Å². The number of benzene rings is 3. The second kappa shape index (κ2) is 8.49. The predicted octanol–water partition coefficient (Wildman–Crippen LogP) is 4.64. The molecule has 1 N–H and O–H groups in total. The van der Waals surface area contributed by atoms with E-state index in [4.69, 9.17) is 0 Å². The van der Waals surface area contributed by atoms with Gasteiger partial charge in [0.25, 0.3) is 5.91 Å². The molecule has 3 rings (SSSR count). The van der Waals surface area contributed by atoms with Crippen LogP contribution in [-0.2, 0) is 4.79 Å². The lowest BCUT2D eigenvalue weighted by Crippen LogP contribution is -2.38. The molecule has 0 atom stereocenters. The first kappa shape index (κ1) is 18.6. The SMILES string of the molecule is CCCN(CC(=O)Nc1ccccc1C)C(=O)c1ccc2ccccc2c1. The minimum absolute atomic E-state index is 0.0356. The Hall–Kier alpha value is -3.14. The molecule has 0 heterocycles. The summed E-state index contributed by atoms with van der Waals surface area (Å²) in [5.41, 5.74) is 2.37. The fraction of sp³-hybridized carbons (Fsp3) is 0.217. The molecule has 0 aliphatic heterocycles. The van der Waals surface area contributed by atoms with Crippen LogP contribution >= 0.6 is 0 Å². The molecule has 0 saturated carbocycles. The van der Waals surface area contributed by atoms with Gasteiger partial charge in [-0.1, -0.05) is 55.5 Å². The van der Waals surface area contributed by atoms with Crippen molar-refractivity contribution in [3.05, 3.63) is 77.9 Å². The predicted molar refractivity (Wildman–Crippen MR) is 110 cm³/mol. The number of nitrogens with zero attached hydrogens (tertiary/aromatic N) is 1. The maximum Gasteiger partial charge on any atom is 0.254 e. The van der Waals surface area contributed by atoms with E-state index in [0.29, 0.717) is 12.1 Å². The van der Waals surface area contributed by atoms with Gasteiger partial charge in [0.15, 0.2) is 0 Å². The Morgan fingerprint density at radius 1 is 0.926 bits per heavy atom. The average molecular weight is 360 g/mol. The van der Waals surface area contributed by atoms with Crippen LogP contribution in [0.3, 0.4) is 0 Å². The van der Waals surface area contributed by atoms with Gasteiger partial charge in [0.05, 0.1) is 0 Å². The van der Waals surface area contributed by atoms with Gasteiger partial charge < -0.3 is 10.2 Å². The van der Waals surface area contributed by atoms with E-state index in [1.54, 1.807) is 4.90 Å².